The van der Waals surface area contributed by atoms with E-state index in [-0.39, 0.29) is 0 Å². The zero-order valence-corrected chi connectivity index (χ0v) is 8.75. The maximum Gasteiger partial charge on any atom is 0.0840 e. The molecule has 2 rings (SSSR count). The average molecular weight is 190 g/mol. The molecule has 1 aliphatic heterocycles. The van der Waals surface area contributed by atoms with Crippen LogP contribution in [0.25, 0.3) is 0 Å². The number of benzene rings is 1. The van der Waals surface area contributed by atoms with Crippen LogP contribution in [0.5, 0.6) is 0 Å². The monoisotopic (exact) mass is 190 g/mol. The van der Waals surface area contributed by atoms with Crippen molar-refractivity contribution in [3.8, 4) is 0 Å². The fourth-order valence-corrected chi connectivity index (χ4v) is 1.79. The molecule has 0 atom stereocenters. The van der Waals surface area contributed by atoms with Gasteiger partial charge in [0, 0.05) is 13.1 Å². The summed E-state index contributed by atoms with van der Waals surface area (Å²) < 4.78 is 0. The Kier molecular flexibility index (Phi) is 2.33. The molecule has 0 spiro atoms. The van der Waals surface area contributed by atoms with Gasteiger partial charge in [0.2, 0.25) is 0 Å². The van der Waals surface area contributed by atoms with Gasteiger partial charge in [0.25, 0.3) is 0 Å². The van der Waals surface area contributed by atoms with E-state index in [1.807, 2.05) is 19.9 Å². The Labute approximate surface area is 85.0 Å². The number of aliphatic hydroxyl groups is 1. The second kappa shape index (κ2) is 3.37. The summed E-state index contributed by atoms with van der Waals surface area (Å²) in [6.45, 7) is 5.40. The van der Waals surface area contributed by atoms with E-state index < -0.39 is 5.60 Å². The van der Waals surface area contributed by atoms with Gasteiger partial charge in [-0.2, -0.15) is 0 Å². The highest BCUT2D eigenvalue weighted by Gasteiger charge is 2.18. The molecule has 1 heterocycles. The van der Waals surface area contributed by atoms with Crippen LogP contribution in [0, 0.1) is 0 Å². The van der Waals surface area contributed by atoms with Crippen LogP contribution >= 0.6 is 0 Å². The largest absolute Gasteiger partial charge is 0.386 e. The van der Waals surface area contributed by atoms with Gasteiger partial charge >= 0.3 is 0 Å². The highest BCUT2D eigenvalue weighted by atomic mass is 16.3. The van der Waals surface area contributed by atoms with Crippen LogP contribution in [0.3, 0.4) is 0 Å². The molecule has 0 fully saturated rings. The Morgan fingerprint density at radius 1 is 1.29 bits per heavy atom. The predicted molar refractivity (Wildman–Crippen MR) is 56.1 cm³/mol. The van der Waals surface area contributed by atoms with Crippen molar-refractivity contribution in [2.75, 3.05) is 6.54 Å². The molecule has 0 saturated heterocycles. The molecule has 0 aromatic heterocycles. The highest BCUT2D eigenvalue weighted by Crippen LogP contribution is 2.24. The number of hydrogen-bond acceptors (Lipinski definition) is 1. The molecule has 0 unspecified atom stereocenters. The summed E-state index contributed by atoms with van der Waals surface area (Å²) in [6, 6.07) is 6.20. The zero-order chi connectivity index (χ0) is 10.2. The lowest BCUT2D eigenvalue weighted by Crippen LogP contribution is -2.20. The summed E-state index contributed by atoms with van der Waals surface area (Å²) in [5, 5.41) is 14.2. The Morgan fingerprint density at radius 2 is 2.07 bits per heavy atom. The van der Waals surface area contributed by atoms with Crippen molar-refractivity contribution in [3.63, 3.8) is 0 Å². The molecule has 14 heavy (non-hydrogen) atoms. The van der Waals surface area contributed by atoms with E-state index in [0.29, 0.717) is 0 Å². The SMILES string of the molecule is CC(C)(O)c1ccc2c(c1)CC[N]C2. The predicted octanol–water partition coefficient (Wildman–Crippen LogP) is 1.57. The van der Waals surface area contributed by atoms with E-state index in [2.05, 4.69) is 17.4 Å². The maximum atomic E-state index is 9.87. The summed E-state index contributed by atoms with van der Waals surface area (Å²) in [4.78, 5) is 0. The first-order valence-corrected chi connectivity index (χ1v) is 5.05. The van der Waals surface area contributed by atoms with Crippen LogP contribution in [0.4, 0.5) is 0 Å². The molecule has 0 aliphatic carbocycles. The van der Waals surface area contributed by atoms with E-state index in [4.69, 9.17) is 0 Å². The van der Waals surface area contributed by atoms with E-state index in [0.717, 1.165) is 25.1 Å². The fraction of sp³-hybridized carbons (Fsp3) is 0.500. The van der Waals surface area contributed by atoms with Crippen LogP contribution in [-0.2, 0) is 18.6 Å². The van der Waals surface area contributed by atoms with Crippen molar-refractivity contribution in [3.05, 3.63) is 34.9 Å². The lowest BCUT2D eigenvalue weighted by Gasteiger charge is -2.22. The molecule has 2 nitrogen and oxygen atoms in total. The molecule has 1 radical (unpaired) electrons. The molecule has 0 bridgehead atoms. The summed E-state index contributed by atoms with van der Waals surface area (Å²) >= 11 is 0. The Bertz CT molecular complexity index is 339. The molecule has 0 amide bonds. The zero-order valence-electron chi connectivity index (χ0n) is 8.75. The summed E-state index contributed by atoms with van der Waals surface area (Å²) in [6.07, 6.45) is 1.01. The summed E-state index contributed by atoms with van der Waals surface area (Å²) in [7, 11) is 0. The van der Waals surface area contributed by atoms with Gasteiger partial charge in [0.15, 0.2) is 0 Å². The Morgan fingerprint density at radius 3 is 2.79 bits per heavy atom. The van der Waals surface area contributed by atoms with Gasteiger partial charge < -0.3 is 5.11 Å². The lowest BCUT2D eigenvalue weighted by atomic mass is 9.92. The minimum absolute atomic E-state index is 0.733. The van der Waals surface area contributed by atoms with Crippen LogP contribution in [0.2, 0.25) is 0 Å². The van der Waals surface area contributed by atoms with E-state index in [1.165, 1.54) is 11.1 Å². The van der Waals surface area contributed by atoms with Crippen molar-refractivity contribution < 1.29 is 5.11 Å². The first-order chi connectivity index (χ1) is 6.57. The lowest BCUT2D eigenvalue weighted by molar-refractivity contribution is 0.0785. The number of hydrogen-bond donors (Lipinski definition) is 1. The molecule has 1 aromatic rings. The van der Waals surface area contributed by atoms with Crippen LogP contribution < -0.4 is 5.32 Å². The molecule has 1 aliphatic rings. The summed E-state index contributed by atoms with van der Waals surface area (Å²) in [5.74, 6) is 0. The molecule has 0 saturated carbocycles. The topological polar surface area (TPSA) is 34.3 Å². The summed E-state index contributed by atoms with van der Waals surface area (Å²) in [5.41, 5.74) is 2.92. The van der Waals surface area contributed by atoms with Crippen LogP contribution in [0.1, 0.15) is 30.5 Å². The van der Waals surface area contributed by atoms with Gasteiger partial charge in [0.05, 0.1) is 5.60 Å². The normalized spacial score (nSPS) is 16.5. The van der Waals surface area contributed by atoms with Crippen molar-refractivity contribution in [2.45, 2.75) is 32.4 Å². The van der Waals surface area contributed by atoms with Gasteiger partial charge in [-0.1, -0.05) is 18.2 Å². The van der Waals surface area contributed by atoms with E-state index in [9.17, 15) is 5.11 Å². The quantitative estimate of drug-likeness (QED) is 0.716. The van der Waals surface area contributed by atoms with Gasteiger partial charge in [-0.05, 0) is 37.0 Å². The van der Waals surface area contributed by atoms with Crippen molar-refractivity contribution in [1.29, 1.82) is 0 Å². The van der Waals surface area contributed by atoms with Gasteiger partial charge in [-0.3, -0.25) is 0 Å². The third kappa shape index (κ3) is 1.81. The minimum Gasteiger partial charge on any atom is -0.386 e. The first kappa shape index (κ1) is 9.69. The van der Waals surface area contributed by atoms with Crippen LogP contribution in [0.15, 0.2) is 18.2 Å². The van der Waals surface area contributed by atoms with Crippen molar-refractivity contribution in [1.82, 2.24) is 5.32 Å². The molecule has 75 valence electrons. The van der Waals surface area contributed by atoms with Crippen molar-refractivity contribution in [2.24, 2.45) is 0 Å². The number of rotatable bonds is 1. The second-order valence-corrected chi connectivity index (χ2v) is 4.40. The minimum atomic E-state index is -0.733. The van der Waals surface area contributed by atoms with Gasteiger partial charge in [-0.25, -0.2) is 5.32 Å². The van der Waals surface area contributed by atoms with Crippen molar-refractivity contribution >= 4 is 0 Å². The van der Waals surface area contributed by atoms with E-state index in [1.54, 1.807) is 0 Å². The van der Waals surface area contributed by atoms with Crippen LogP contribution in [-0.4, -0.2) is 11.7 Å². The molecular formula is C12H16NO. The highest BCUT2D eigenvalue weighted by molar-refractivity contribution is 5.35. The molecular weight excluding hydrogens is 174 g/mol. The third-order valence-corrected chi connectivity index (χ3v) is 2.73. The maximum absolute atomic E-state index is 9.87. The van der Waals surface area contributed by atoms with E-state index >= 15 is 0 Å². The molecule has 1 aromatic carbocycles. The molecule has 2 heteroatoms. The number of nitrogens with zero attached hydrogens (tertiary/aromatic N) is 1. The first-order valence-electron chi connectivity index (χ1n) is 5.05. The Hall–Kier alpha value is -0.860. The fourth-order valence-electron chi connectivity index (χ4n) is 1.79. The average Bonchev–Trinajstić information content (AvgIpc) is 2.16. The van der Waals surface area contributed by atoms with Gasteiger partial charge in [0.1, 0.15) is 0 Å². The third-order valence-electron chi connectivity index (χ3n) is 2.73. The standard InChI is InChI=1S/C12H16NO/c1-12(2,14)11-4-3-10-8-13-6-5-9(10)7-11/h3-4,7,14H,5-6,8H2,1-2H3. The van der Waals surface area contributed by atoms with Gasteiger partial charge in [-0.15, -0.1) is 0 Å². The smallest absolute Gasteiger partial charge is 0.0840 e. The number of fused-ring (bicyclic) bond motifs is 1. The Balaban J connectivity index is 2.39. The molecule has 1 N–H and O–H groups in total. The second-order valence-electron chi connectivity index (χ2n) is 4.40.